The summed E-state index contributed by atoms with van der Waals surface area (Å²) in [7, 11) is 2.96. The van der Waals surface area contributed by atoms with E-state index in [1.165, 1.54) is 43.1 Å². The molecule has 0 radical (unpaired) electrons. The van der Waals surface area contributed by atoms with E-state index in [-0.39, 0.29) is 130 Å². The number of imide groups is 1. The van der Waals surface area contributed by atoms with Gasteiger partial charge in [0, 0.05) is 68.8 Å². The van der Waals surface area contributed by atoms with Crippen molar-refractivity contribution in [3.63, 3.8) is 0 Å². The van der Waals surface area contributed by atoms with E-state index >= 15 is 0 Å². The number of aliphatic hydroxyl groups is 1. The highest BCUT2D eigenvalue weighted by molar-refractivity contribution is 6.08. The topological polar surface area (TPSA) is 367 Å². The molecule has 5 heterocycles. The number of nitrogens with zero attached hydrogens (tertiary/aromatic N) is 5. The molecule has 1 fully saturated rings. The SMILES string of the molecule is COc1cc2c(cc1OCCCCCOc1cc3c(cc1OC)C(=O)N1C=C(C)C[C@H]1[C@H](O)N3C(=O)OCc1ccc(NC(=O)[C@H](C)NC(=O)[C@@H](NC(=O)CCOCCOCCOCCOCCOCCOCCOCCOCCNC(=O)CCN3C(=O)CC(C4=CC=CC=CC=C4)C3=O)C(C)C)cc1)N=C[C@@H]1CC(C)=CN1C2=O. The Morgan fingerprint density at radius 2 is 1.13 bits per heavy atom. The Kier molecular flexibility index (Phi) is 35.8. The number of aliphatic hydroxyl groups excluding tert-OH is 1. The lowest BCUT2D eigenvalue weighted by Gasteiger charge is -2.31. The predicted molar refractivity (Wildman–Crippen MR) is 423 cm³/mol. The third-order valence-corrected chi connectivity index (χ3v) is 19.2. The molecule has 1 unspecified atom stereocenters. The molecule has 9 amide bonds. The molecule has 0 saturated carbocycles. The van der Waals surface area contributed by atoms with E-state index in [0.717, 1.165) is 28.0 Å². The van der Waals surface area contributed by atoms with E-state index in [9.17, 15) is 48.3 Å². The molecular weight excluding hydrogens is 1490 g/mol. The second-order valence-electron chi connectivity index (χ2n) is 28.2. The normalized spacial score (nSPS) is 18.0. The zero-order valence-electron chi connectivity index (χ0n) is 66.6. The highest BCUT2D eigenvalue weighted by atomic mass is 16.6. The van der Waals surface area contributed by atoms with Crippen molar-refractivity contribution in [1.82, 2.24) is 30.7 Å². The van der Waals surface area contributed by atoms with Crippen molar-refractivity contribution < 1.29 is 110 Å². The zero-order valence-corrected chi connectivity index (χ0v) is 66.6. The minimum Gasteiger partial charge on any atom is -0.493 e. The van der Waals surface area contributed by atoms with Gasteiger partial charge in [0.1, 0.15) is 18.7 Å². The fourth-order valence-electron chi connectivity index (χ4n) is 13.1. The van der Waals surface area contributed by atoms with Crippen LogP contribution in [0.1, 0.15) is 112 Å². The Balaban J connectivity index is 0.571. The lowest BCUT2D eigenvalue weighted by atomic mass is 9.95. The van der Waals surface area contributed by atoms with Crippen LogP contribution in [0.15, 0.2) is 125 Å². The molecule has 5 aliphatic heterocycles. The van der Waals surface area contributed by atoms with Gasteiger partial charge in [-0.1, -0.05) is 79.7 Å². The van der Waals surface area contributed by atoms with Gasteiger partial charge in [-0.15, -0.1) is 0 Å². The number of ether oxygens (including phenoxy) is 13. The Bertz CT molecular complexity index is 4040. The maximum absolute atomic E-state index is 14.3. The first-order valence-corrected chi connectivity index (χ1v) is 39.0. The number of carbonyl (C=O) groups is 9. The van der Waals surface area contributed by atoms with Gasteiger partial charge >= 0.3 is 6.09 Å². The van der Waals surface area contributed by atoms with Crippen molar-refractivity contribution in [3.8, 4) is 23.0 Å². The summed E-state index contributed by atoms with van der Waals surface area (Å²) in [6.45, 7) is 14.9. The van der Waals surface area contributed by atoms with Crippen LogP contribution in [0, 0.1) is 11.8 Å². The highest BCUT2D eigenvalue weighted by Crippen LogP contribution is 2.43. The van der Waals surface area contributed by atoms with Crippen molar-refractivity contribution in [1.29, 1.82) is 0 Å². The van der Waals surface area contributed by atoms with E-state index in [4.69, 9.17) is 61.6 Å². The summed E-state index contributed by atoms with van der Waals surface area (Å²) in [5.41, 5.74) is 4.67. The van der Waals surface area contributed by atoms with Gasteiger partial charge in [0.05, 0.1) is 174 Å². The quantitative estimate of drug-likeness (QED) is 0.0272. The molecule has 0 bridgehead atoms. The van der Waals surface area contributed by atoms with Crippen molar-refractivity contribution in [3.05, 3.63) is 137 Å². The largest absolute Gasteiger partial charge is 0.493 e. The van der Waals surface area contributed by atoms with Gasteiger partial charge in [0.25, 0.3) is 11.8 Å². The number of hydrogen-bond acceptors (Lipinski definition) is 24. The number of anilines is 2. The second-order valence-corrected chi connectivity index (χ2v) is 28.2. The number of allylic oxidation sites excluding steroid dienone is 7. The monoisotopic (exact) mass is 1600 g/mol. The summed E-state index contributed by atoms with van der Waals surface area (Å²) in [5.74, 6) is -2.46. The minimum atomic E-state index is -1.53. The second kappa shape index (κ2) is 46.4. The fraction of sp³-hybridized carbons (Fsp3) is 0.518. The number of benzene rings is 3. The van der Waals surface area contributed by atoms with Crippen LogP contribution in [-0.2, 0) is 78.0 Å². The van der Waals surface area contributed by atoms with Crippen LogP contribution in [0.2, 0.25) is 0 Å². The van der Waals surface area contributed by atoms with Crippen LogP contribution in [-0.4, -0.2) is 256 Å². The van der Waals surface area contributed by atoms with Gasteiger partial charge in [-0.2, -0.15) is 0 Å². The van der Waals surface area contributed by atoms with Crippen LogP contribution in [0.25, 0.3) is 0 Å². The summed E-state index contributed by atoms with van der Waals surface area (Å²) in [4.78, 5) is 130. The molecule has 1 saturated heterocycles. The molecule has 5 N–H and O–H groups in total. The average Bonchev–Trinajstić information content (AvgIpc) is 1.61. The molecule has 0 aromatic heterocycles. The Hall–Kier alpha value is -10.2. The van der Waals surface area contributed by atoms with E-state index < -0.39 is 60.0 Å². The minimum absolute atomic E-state index is 0.0125. The van der Waals surface area contributed by atoms with E-state index in [1.54, 1.807) is 67.6 Å². The number of fused-ring (bicyclic) bond motifs is 4. The van der Waals surface area contributed by atoms with Crippen molar-refractivity contribution in [2.45, 2.75) is 123 Å². The molecule has 0 spiro atoms. The number of likely N-dealkylation sites (tertiary alicyclic amines) is 1. The van der Waals surface area contributed by atoms with Crippen LogP contribution in [0.5, 0.6) is 23.0 Å². The number of rotatable bonds is 49. The number of aliphatic imine (C=N–C) groups is 1. The van der Waals surface area contributed by atoms with Gasteiger partial charge in [0.15, 0.2) is 29.2 Å². The molecule has 9 rings (SSSR count). The van der Waals surface area contributed by atoms with Crippen LogP contribution in [0.4, 0.5) is 21.9 Å². The number of carbonyl (C=O) groups excluding carboxylic acids is 9. The Morgan fingerprint density at radius 3 is 1.75 bits per heavy atom. The van der Waals surface area contributed by atoms with Crippen molar-refractivity contribution in [2.24, 2.45) is 16.8 Å². The van der Waals surface area contributed by atoms with Gasteiger partial charge in [-0.05, 0) is 94.2 Å². The zero-order chi connectivity index (χ0) is 82.0. The number of hydrogen-bond donors (Lipinski definition) is 5. The smallest absolute Gasteiger partial charge is 0.416 e. The average molecular weight is 1600 g/mol. The van der Waals surface area contributed by atoms with Crippen LogP contribution >= 0.6 is 0 Å². The number of amides is 9. The molecule has 3 aromatic carbocycles. The lowest BCUT2D eigenvalue weighted by Crippen LogP contribution is -2.53. The molecular formula is C83H109N9O23. The summed E-state index contributed by atoms with van der Waals surface area (Å²) in [6.07, 6.45) is 18.7. The van der Waals surface area contributed by atoms with Gasteiger partial charge in [-0.25, -0.2) is 9.69 Å². The maximum Gasteiger partial charge on any atom is 0.416 e. The van der Waals surface area contributed by atoms with E-state index in [1.807, 2.05) is 62.6 Å². The Morgan fingerprint density at radius 1 is 0.574 bits per heavy atom. The summed E-state index contributed by atoms with van der Waals surface area (Å²) in [5, 5.41) is 22.9. The number of methoxy groups -OCH3 is 2. The van der Waals surface area contributed by atoms with Gasteiger partial charge in [0.2, 0.25) is 35.4 Å². The van der Waals surface area contributed by atoms with E-state index in [2.05, 4.69) is 26.3 Å². The van der Waals surface area contributed by atoms with E-state index in [0.29, 0.717) is 146 Å². The first-order valence-electron chi connectivity index (χ1n) is 39.0. The third-order valence-electron chi connectivity index (χ3n) is 19.2. The van der Waals surface area contributed by atoms with Crippen molar-refractivity contribution >= 4 is 76.6 Å². The third kappa shape index (κ3) is 26.7. The van der Waals surface area contributed by atoms with Crippen molar-refractivity contribution in [2.75, 3.05) is 156 Å². The molecule has 6 aliphatic rings. The molecule has 1 aliphatic carbocycles. The summed E-state index contributed by atoms with van der Waals surface area (Å²) in [6, 6.07) is 9.93. The highest BCUT2D eigenvalue weighted by Gasteiger charge is 2.46. The lowest BCUT2D eigenvalue weighted by molar-refractivity contribution is -0.139. The molecule has 6 atom stereocenters. The number of nitrogens with one attached hydrogen (secondary N) is 4. The van der Waals surface area contributed by atoms with Gasteiger partial charge in [-0.3, -0.25) is 48.2 Å². The molecule has 115 heavy (non-hydrogen) atoms. The summed E-state index contributed by atoms with van der Waals surface area (Å²) < 4.78 is 73.9. The van der Waals surface area contributed by atoms with Gasteiger partial charge < -0.3 is 97.8 Å². The van der Waals surface area contributed by atoms with Crippen LogP contribution in [0.3, 0.4) is 0 Å². The summed E-state index contributed by atoms with van der Waals surface area (Å²) >= 11 is 0. The maximum atomic E-state index is 14.3. The standard InChI is InChI=1S/C83H109N9O23/c1-55(2)76(88-74(94)23-28-105-30-32-107-34-36-109-38-40-111-42-43-112-41-39-110-37-35-108-33-31-106-29-24-84-73(93)22-25-89-75(95)48-63(79(89)98)60-16-12-9-8-10-13-17-60)78(97)86-58(5)77(96)87-61-20-18-59(19-21-61)54-115-83(102)92-67-50-72(70(104-7)47-65(67)81(100)91-53-57(4)45-68(91)82(92)101)114-27-15-11-14-26-113-71-49-66-64(46-69(71)103-6)80(99)90-52-56(3)44-62(90)51-85-66/h8-10,12-13,16-21,46-47,49-53,55,58,62-63,68,76,82,101H,11,14-15,22-45,48,54H2,1-7H3,(H,84,93)(H,86,97)(H,87,96)(H,88,94)/t58-,62-,63?,68-,76-,82-/m0/s1. The first-order chi connectivity index (χ1) is 55.7. The Labute approximate surface area is 670 Å². The first kappa shape index (κ1) is 88.8. The molecule has 624 valence electrons. The fourth-order valence-corrected chi connectivity index (χ4v) is 13.1. The molecule has 32 nitrogen and oxygen atoms in total. The van der Waals surface area contributed by atoms with Crippen LogP contribution < -0.4 is 45.1 Å². The number of unbranched alkanes of at least 4 members (excludes halogenated alkanes) is 2. The molecule has 32 heteroatoms. The molecule has 3 aromatic rings. The predicted octanol–water partition coefficient (Wildman–Crippen LogP) is 7.36.